The van der Waals surface area contributed by atoms with Crippen molar-refractivity contribution < 1.29 is 14.3 Å². The summed E-state index contributed by atoms with van der Waals surface area (Å²) in [6.45, 7) is 6.03. The zero-order chi connectivity index (χ0) is 15.2. The molecule has 0 aromatic carbocycles. The number of ether oxygens (including phenoxy) is 1. The number of carbonyl (C=O) groups excluding carboxylic acids is 2. The van der Waals surface area contributed by atoms with E-state index in [-0.39, 0.29) is 17.4 Å². The van der Waals surface area contributed by atoms with Gasteiger partial charge in [0.25, 0.3) is 5.91 Å². The van der Waals surface area contributed by atoms with Crippen LogP contribution in [0.2, 0.25) is 0 Å². The summed E-state index contributed by atoms with van der Waals surface area (Å²) in [7, 11) is 0. The van der Waals surface area contributed by atoms with Crippen LogP contribution >= 0.6 is 11.8 Å². The lowest BCUT2D eigenvalue weighted by Crippen LogP contribution is -2.30. The van der Waals surface area contributed by atoms with E-state index in [4.69, 9.17) is 10.6 Å². The molecule has 0 saturated heterocycles. The van der Waals surface area contributed by atoms with Gasteiger partial charge in [-0.3, -0.25) is 19.7 Å². The van der Waals surface area contributed by atoms with Crippen molar-refractivity contribution in [2.24, 2.45) is 5.84 Å². The first-order chi connectivity index (χ1) is 9.31. The van der Waals surface area contributed by atoms with Crippen LogP contribution in [0, 0.1) is 0 Å². The lowest BCUT2D eigenvalue weighted by Gasteiger charge is -2.19. The number of esters is 1. The van der Waals surface area contributed by atoms with Gasteiger partial charge in [0.15, 0.2) is 5.69 Å². The molecule has 9 heteroatoms. The minimum absolute atomic E-state index is 0.157. The molecule has 1 rings (SSSR count). The van der Waals surface area contributed by atoms with Crippen molar-refractivity contribution in [1.29, 1.82) is 0 Å². The first kappa shape index (κ1) is 16.4. The number of nitrogens with two attached hydrogens (primary N) is 1. The molecule has 0 bridgehead atoms. The summed E-state index contributed by atoms with van der Waals surface area (Å²) in [5.74, 6) is 5.19. The molecule has 0 aliphatic heterocycles. The number of thioether (sulfide) groups is 1. The van der Waals surface area contributed by atoms with Crippen molar-refractivity contribution in [3.63, 3.8) is 0 Å². The smallest absolute Gasteiger partial charge is 0.316 e. The molecule has 0 unspecified atom stereocenters. The number of nitrogens with one attached hydrogen (secondary N) is 1. The third kappa shape index (κ3) is 6.02. The van der Waals surface area contributed by atoms with Gasteiger partial charge in [-0.2, -0.15) is 0 Å². The van der Waals surface area contributed by atoms with E-state index in [1.54, 1.807) is 0 Å². The number of nitrogen functional groups attached to an aromatic ring is 1. The topological polar surface area (TPSA) is 112 Å². The van der Waals surface area contributed by atoms with Crippen LogP contribution in [0.3, 0.4) is 0 Å². The monoisotopic (exact) mass is 301 g/mol. The van der Waals surface area contributed by atoms with Gasteiger partial charge in [-0.25, -0.2) is 5.84 Å². The average Bonchev–Trinajstić information content (AvgIpc) is 2.80. The lowest BCUT2D eigenvalue weighted by molar-refractivity contribution is -0.151. The predicted molar refractivity (Wildman–Crippen MR) is 74.8 cm³/mol. The number of hydrogen-bond acceptors (Lipinski definition) is 7. The second kappa shape index (κ2) is 7.25. The molecule has 1 aromatic rings. The summed E-state index contributed by atoms with van der Waals surface area (Å²) in [4.78, 5) is 22.6. The average molecular weight is 301 g/mol. The maximum atomic E-state index is 11.5. The van der Waals surface area contributed by atoms with E-state index >= 15 is 0 Å². The first-order valence-corrected chi connectivity index (χ1v) is 7.18. The highest BCUT2D eigenvalue weighted by molar-refractivity contribution is 7.99. The van der Waals surface area contributed by atoms with Gasteiger partial charge in [-0.05, 0) is 20.8 Å². The molecule has 8 nitrogen and oxygen atoms in total. The van der Waals surface area contributed by atoms with Gasteiger partial charge < -0.3 is 4.74 Å². The van der Waals surface area contributed by atoms with Crippen LogP contribution in [0.5, 0.6) is 0 Å². The number of rotatable bonds is 6. The molecule has 0 fully saturated rings. The maximum Gasteiger partial charge on any atom is 0.316 e. The van der Waals surface area contributed by atoms with E-state index in [2.05, 4.69) is 10.3 Å². The van der Waals surface area contributed by atoms with Gasteiger partial charge in [-0.15, -0.1) is 16.9 Å². The minimum atomic E-state index is -0.488. The van der Waals surface area contributed by atoms with Gasteiger partial charge in [0.1, 0.15) is 5.60 Å². The van der Waals surface area contributed by atoms with Crippen LogP contribution in [0.25, 0.3) is 0 Å². The normalized spacial score (nSPS) is 11.2. The standard InChI is InChI=1S/C11H19N5O3S/c1-11(2,3)19-9(17)7-20-5-4-16-6-8(14-15-16)10(18)13-12/h6H,4-5,7,12H2,1-3H3,(H,13,18). The molecule has 1 amide bonds. The van der Waals surface area contributed by atoms with E-state index in [9.17, 15) is 9.59 Å². The van der Waals surface area contributed by atoms with E-state index in [1.807, 2.05) is 26.2 Å². The number of amides is 1. The summed E-state index contributed by atoms with van der Waals surface area (Å²) in [5.41, 5.74) is 1.67. The molecule has 0 aliphatic rings. The molecule has 3 N–H and O–H groups in total. The zero-order valence-electron chi connectivity index (χ0n) is 11.8. The largest absolute Gasteiger partial charge is 0.459 e. The molecule has 20 heavy (non-hydrogen) atoms. The maximum absolute atomic E-state index is 11.5. The Morgan fingerprint density at radius 2 is 2.20 bits per heavy atom. The molecular weight excluding hydrogens is 282 g/mol. The summed E-state index contributed by atoms with van der Waals surface area (Å²) < 4.78 is 6.70. The number of hydrazine groups is 1. The highest BCUT2D eigenvalue weighted by Gasteiger charge is 2.16. The molecule has 0 radical (unpaired) electrons. The van der Waals surface area contributed by atoms with Gasteiger partial charge in [0.2, 0.25) is 0 Å². The van der Waals surface area contributed by atoms with E-state index in [0.29, 0.717) is 12.3 Å². The Hall–Kier alpha value is -1.61. The van der Waals surface area contributed by atoms with Gasteiger partial charge in [-0.1, -0.05) is 5.21 Å². The number of carbonyl (C=O) groups is 2. The SMILES string of the molecule is CC(C)(C)OC(=O)CSCCn1cc(C(=O)NN)nn1. The second-order valence-electron chi connectivity index (χ2n) is 4.98. The van der Waals surface area contributed by atoms with E-state index in [1.165, 1.54) is 22.6 Å². The van der Waals surface area contributed by atoms with Crippen LogP contribution in [-0.2, 0) is 16.1 Å². The first-order valence-electron chi connectivity index (χ1n) is 6.02. The van der Waals surface area contributed by atoms with Gasteiger partial charge in [0, 0.05) is 5.75 Å². The Balaban J connectivity index is 2.26. The quantitative estimate of drug-likeness (QED) is 0.249. The zero-order valence-corrected chi connectivity index (χ0v) is 12.6. The van der Waals surface area contributed by atoms with Crippen molar-refractivity contribution in [3.05, 3.63) is 11.9 Å². The number of aryl methyl sites for hydroxylation is 1. The highest BCUT2D eigenvalue weighted by Crippen LogP contribution is 2.10. The Morgan fingerprint density at radius 1 is 1.50 bits per heavy atom. The Kier molecular flexibility index (Phi) is 5.96. The fourth-order valence-electron chi connectivity index (χ4n) is 1.27. The Labute approximate surface area is 121 Å². The fraction of sp³-hybridized carbons (Fsp3) is 0.636. The van der Waals surface area contributed by atoms with Crippen LogP contribution < -0.4 is 11.3 Å². The van der Waals surface area contributed by atoms with Crippen molar-refractivity contribution in [2.45, 2.75) is 32.9 Å². The third-order valence-corrected chi connectivity index (χ3v) is 2.92. The Morgan fingerprint density at radius 3 is 2.80 bits per heavy atom. The van der Waals surface area contributed by atoms with Crippen LogP contribution in [0.1, 0.15) is 31.3 Å². The lowest BCUT2D eigenvalue weighted by atomic mass is 10.2. The van der Waals surface area contributed by atoms with E-state index < -0.39 is 11.5 Å². The Bertz CT molecular complexity index is 469. The molecule has 112 valence electrons. The molecule has 0 atom stereocenters. The van der Waals surface area contributed by atoms with Gasteiger partial charge >= 0.3 is 5.97 Å². The summed E-state index contributed by atoms with van der Waals surface area (Å²) in [5, 5.41) is 7.45. The van der Waals surface area contributed by atoms with Crippen LogP contribution in [0.4, 0.5) is 0 Å². The number of aromatic nitrogens is 3. The third-order valence-electron chi connectivity index (χ3n) is 2.01. The van der Waals surface area contributed by atoms with Gasteiger partial charge in [0.05, 0.1) is 18.5 Å². The molecule has 0 saturated carbocycles. The van der Waals surface area contributed by atoms with Crippen molar-refractivity contribution in [2.75, 3.05) is 11.5 Å². The molecule has 1 heterocycles. The van der Waals surface area contributed by atoms with Crippen molar-refractivity contribution in [1.82, 2.24) is 20.4 Å². The number of nitrogens with zero attached hydrogens (tertiary/aromatic N) is 3. The van der Waals surface area contributed by atoms with Crippen molar-refractivity contribution >= 4 is 23.6 Å². The molecule has 0 spiro atoms. The predicted octanol–water partition coefficient (Wildman–Crippen LogP) is -0.0435. The van der Waals surface area contributed by atoms with Crippen LogP contribution in [0.15, 0.2) is 6.20 Å². The molecule has 1 aromatic heterocycles. The minimum Gasteiger partial charge on any atom is -0.459 e. The fourth-order valence-corrected chi connectivity index (χ4v) is 1.96. The van der Waals surface area contributed by atoms with Crippen molar-refractivity contribution in [3.8, 4) is 0 Å². The summed E-state index contributed by atoms with van der Waals surface area (Å²) >= 11 is 1.43. The highest BCUT2D eigenvalue weighted by atomic mass is 32.2. The molecular formula is C11H19N5O3S. The molecule has 0 aliphatic carbocycles. The second-order valence-corrected chi connectivity index (χ2v) is 6.08. The number of hydrogen-bond donors (Lipinski definition) is 2. The summed E-state index contributed by atoms with van der Waals surface area (Å²) in [6, 6.07) is 0. The summed E-state index contributed by atoms with van der Waals surface area (Å²) in [6.07, 6.45) is 1.50. The van der Waals surface area contributed by atoms with E-state index in [0.717, 1.165) is 0 Å². The van der Waals surface area contributed by atoms with Crippen LogP contribution in [-0.4, -0.2) is 44.0 Å².